The SMILES string of the molecule is Cc1cc2c(cc1N1Cc3c(Cl)cncc3NC1=O)OC(c1ncccc1F)CC2. The van der Waals surface area contributed by atoms with E-state index >= 15 is 0 Å². The molecule has 30 heavy (non-hydrogen) atoms. The fraction of sp³-hybridized carbons (Fsp3) is 0.227. The first kappa shape index (κ1) is 18.8. The number of ether oxygens (including phenoxy) is 1. The summed E-state index contributed by atoms with van der Waals surface area (Å²) < 4.78 is 20.3. The predicted octanol–water partition coefficient (Wildman–Crippen LogP) is 5.20. The highest BCUT2D eigenvalue weighted by atomic mass is 35.5. The number of fused-ring (bicyclic) bond motifs is 2. The van der Waals surface area contributed by atoms with Crippen LogP contribution in [-0.4, -0.2) is 16.0 Å². The number of pyridine rings is 2. The van der Waals surface area contributed by atoms with E-state index in [1.807, 2.05) is 19.1 Å². The summed E-state index contributed by atoms with van der Waals surface area (Å²) in [5.74, 6) is 0.255. The first-order chi connectivity index (χ1) is 14.5. The van der Waals surface area contributed by atoms with Crippen LogP contribution in [0.3, 0.4) is 0 Å². The van der Waals surface area contributed by atoms with Gasteiger partial charge >= 0.3 is 6.03 Å². The molecule has 0 bridgehead atoms. The van der Waals surface area contributed by atoms with Crippen molar-refractivity contribution in [3.8, 4) is 5.75 Å². The number of hydrogen-bond acceptors (Lipinski definition) is 4. The Hall–Kier alpha value is -3.19. The van der Waals surface area contributed by atoms with E-state index < -0.39 is 6.10 Å². The van der Waals surface area contributed by atoms with Gasteiger partial charge in [-0.15, -0.1) is 0 Å². The second-order valence-corrected chi connectivity index (χ2v) is 7.83. The molecular formula is C22H18ClFN4O2. The molecule has 6 nitrogen and oxygen atoms in total. The van der Waals surface area contributed by atoms with Crippen LogP contribution in [0.15, 0.2) is 42.9 Å². The topological polar surface area (TPSA) is 67.4 Å². The third-order valence-corrected chi connectivity index (χ3v) is 5.84. The maximum atomic E-state index is 14.2. The average Bonchev–Trinajstić information content (AvgIpc) is 2.73. The van der Waals surface area contributed by atoms with Gasteiger partial charge in [-0.3, -0.25) is 14.9 Å². The van der Waals surface area contributed by atoms with Crippen molar-refractivity contribution in [3.63, 3.8) is 0 Å². The molecule has 2 aliphatic rings. The molecule has 0 spiro atoms. The zero-order valence-electron chi connectivity index (χ0n) is 16.2. The summed E-state index contributed by atoms with van der Waals surface area (Å²) in [6.45, 7) is 2.28. The van der Waals surface area contributed by atoms with Gasteiger partial charge in [-0.2, -0.15) is 0 Å². The normalized spacial score (nSPS) is 17.6. The molecule has 0 saturated heterocycles. The number of urea groups is 1. The number of benzene rings is 1. The first-order valence-corrected chi connectivity index (χ1v) is 10.0. The Morgan fingerprint density at radius 1 is 1.33 bits per heavy atom. The molecule has 1 aromatic carbocycles. The van der Waals surface area contributed by atoms with Crippen molar-refractivity contribution in [1.82, 2.24) is 9.97 Å². The lowest BCUT2D eigenvalue weighted by Gasteiger charge is -2.33. The van der Waals surface area contributed by atoms with Crippen LogP contribution in [0.5, 0.6) is 5.75 Å². The average molecular weight is 425 g/mol. The molecule has 2 amide bonds. The monoisotopic (exact) mass is 424 g/mol. The van der Waals surface area contributed by atoms with Crippen molar-refractivity contribution >= 4 is 29.0 Å². The van der Waals surface area contributed by atoms with Gasteiger partial charge in [-0.1, -0.05) is 17.7 Å². The van der Waals surface area contributed by atoms with Gasteiger partial charge in [0.05, 0.1) is 29.1 Å². The lowest BCUT2D eigenvalue weighted by molar-refractivity contribution is 0.167. The fourth-order valence-electron chi connectivity index (χ4n) is 4.00. The van der Waals surface area contributed by atoms with Crippen molar-refractivity contribution in [1.29, 1.82) is 0 Å². The molecule has 2 aromatic heterocycles. The van der Waals surface area contributed by atoms with Crippen LogP contribution in [0.25, 0.3) is 0 Å². The summed E-state index contributed by atoms with van der Waals surface area (Å²) in [6.07, 6.45) is 5.62. The largest absolute Gasteiger partial charge is 0.484 e. The summed E-state index contributed by atoms with van der Waals surface area (Å²) in [4.78, 5) is 22.6. The number of aryl methyl sites for hydroxylation is 2. The number of rotatable bonds is 2. The van der Waals surface area contributed by atoms with Crippen LogP contribution in [0.2, 0.25) is 5.02 Å². The lowest BCUT2D eigenvalue weighted by Crippen LogP contribution is -2.39. The number of hydrogen-bond donors (Lipinski definition) is 1. The smallest absolute Gasteiger partial charge is 0.326 e. The predicted molar refractivity (Wildman–Crippen MR) is 112 cm³/mol. The molecule has 3 aromatic rings. The first-order valence-electron chi connectivity index (χ1n) is 9.62. The van der Waals surface area contributed by atoms with E-state index in [1.54, 1.807) is 29.6 Å². The second kappa shape index (κ2) is 7.25. The van der Waals surface area contributed by atoms with Gasteiger partial charge < -0.3 is 10.1 Å². The number of halogens is 2. The van der Waals surface area contributed by atoms with E-state index in [1.165, 1.54) is 6.07 Å². The molecule has 1 atom stereocenters. The number of anilines is 2. The van der Waals surface area contributed by atoms with Crippen LogP contribution in [0.4, 0.5) is 20.6 Å². The van der Waals surface area contributed by atoms with Crippen LogP contribution in [0.1, 0.15) is 34.9 Å². The Morgan fingerprint density at radius 2 is 2.20 bits per heavy atom. The van der Waals surface area contributed by atoms with Gasteiger partial charge in [-0.25, -0.2) is 9.18 Å². The molecule has 0 saturated carbocycles. The third kappa shape index (κ3) is 3.15. The third-order valence-electron chi connectivity index (χ3n) is 5.51. The highest BCUT2D eigenvalue weighted by molar-refractivity contribution is 6.32. The molecule has 2 aliphatic heterocycles. The molecule has 5 rings (SSSR count). The minimum atomic E-state index is -0.467. The van der Waals surface area contributed by atoms with Crippen LogP contribution in [0, 0.1) is 12.7 Å². The number of carbonyl (C=O) groups is 1. The van der Waals surface area contributed by atoms with Crippen molar-refractivity contribution in [2.75, 3.05) is 10.2 Å². The van der Waals surface area contributed by atoms with Gasteiger partial charge in [0.15, 0.2) is 0 Å². The van der Waals surface area contributed by atoms with Gasteiger partial charge in [-0.05, 0) is 43.0 Å². The van der Waals surface area contributed by atoms with E-state index in [9.17, 15) is 9.18 Å². The van der Waals surface area contributed by atoms with Crippen molar-refractivity contribution in [3.05, 3.63) is 76.1 Å². The molecule has 0 fully saturated rings. The number of aromatic nitrogens is 2. The molecule has 8 heteroatoms. The number of nitrogens with one attached hydrogen (secondary N) is 1. The minimum Gasteiger partial charge on any atom is -0.484 e. The summed E-state index contributed by atoms with van der Waals surface area (Å²) >= 11 is 6.29. The summed E-state index contributed by atoms with van der Waals surface area (Å²) in [6, 6.07) is 6.54. The lowest BCUT2D eigenvalue weighted by atomic mass is 9.97. The van der Waals surface area contributed by atoms with E-state index in [0.717, 1.165) is 23.1 Å². The molecule has 0 aliphatic carbocycles. The standard InChI is InChI=1S/C22H18ClFN4O2/c1-12-7-13-4-5-19(21-16(24)3-2-6-26-21)30-20(13)8-18(12)28-11-14-15(23)9-25-10-17(14)27-22(28)29/h2-3,6-10,19H,4-5,11H2,1H3,(H,27,29). The quantitative estimate of drug-likeness (QED) is 0.614. The van der Waals surface area contributed by atoms with Crippen molar-refractivity contribution in [2.24, 2.45) is 0 Å². The Bertz CT molecular complexity index is 1170. The summed E-state index contributed by atoms with van der Waals surface area (Å²) in [5, 5.41) is 3.33. The van der Waals surface area contributed by atoms with E-state index in [-0.39, 0.29) is 11.8 Å². The molecule has 152 valence electrons. The number of nitrogens with zero attached hydrogens (tertiary/aromatic N) is 3. The van der Waals surface area contributed by atoms with Gasteiger partial charge in [0.25, 0.3) is 0 Å². The van der Waals surface area contributed by atoms with E-state index in [0.29, 0.717) is 40.8 Å². The minimum absolute atomic E-state index is 0.266. The maximum absolute atomic E-state index is 14.2. The Kier molecular flexibility index (Phi) is 4.55. The second-order valence-electron chi connectivity index (χ2n) is 7.43. The van der Waals surface area contributed by atoms with Gasteiger partial charge in [0.1, 0.15) is 23.4 Å². The van der Waals surface area contributed by atoms with Crippen LogP contribution < -0.4 is 15.0 Å². The molecule has 4 heterocycles. The van der Waals surface area contributed by atoms with Gasteiger partial charge in [0.2, 0.25) is 0 Å². The Morgan fingerprint density at radius 3 is 3.03 bits per heavy atom. The summed E-state index contributed by atoms with van der Waals surface area (Å²) in [5.41, 5.74) is 4.41. The zero-order valence-corrected chi connectivity index (χ0v) is 16.9. The zero-order chi connectivity index (χ0) is 20.8. The number of amides is 2. The Balaban J connectivity index is 1.50. The molecule has 0 radical (unpaired) electrons. The fourth-order valence-corrected chi connectivity index (χ4v) is 4.21. The summed E-state index contributed by atoms with van der Waals surface area (Å²) in [7, 11) is 0. The molecule has 1 N–H and O–H groups in total. The van der Waals surface area contributed by atoms with Crippen molar-refractivity contribution in [2.45, 2.75) is 32.4 Å². The van der Waals surface area contributed by atoms with Crippen LogP contribution in [-0.2, 0) is 13.0 Å². The Labute approximate surface area is 177 Å². The highest BCUT2D eigenvalue weighted by Crippen LogP contribution is 2.40. The highest BCUT2D eigenvalue weighted by Gasteiger charge is 2.30. The van der Waals surface area contributed by atoms with Gasteiger partial charge in [0, 0.05) is 24.0 Å². The van der Waals surface area contributed by atoms with E-state index in [2.05, 4.69) is 15.3 Å². The molecule has 1 unspecified atom stereocenters. The maximum Gasteiger partial charge on any atom is 0.326 e. The number of carbonyl (C=O) groups excluding carboxylic acids is 1. The van der Waals surface area contributed by atoms with Crippen molar-refractivity contribution < 1.29 is 13.9 Å². The van der Waals surface area contributed by atoms with E-state index in [4.69, 9.17) is 16.3 Å². The molecular weight excluding hydrogens is 407 g/mol. The van der Waals surface area contributed by atoms with Crippen LogP contribution >= 0.6 is 11.6 Å².